The van der Waals surface area contributed by atoms with Crippen molar-refractivity contribution in [1.82, 2.24) is 9.91 Å². The highest BCUT2D eigenvalue weighted by atomic mass is 15.4. The second-order valence-corrected chi connectivity index (χ2v) is 5.24. The summed E-state index contributed by atoms with van der Waals surface area (Å²) in [5.41, 5.74) is 4.29. The van der Waals surface area contributed by atoms with Crippen LogP contribution in [0.25, 0.3) is 0 Å². The summed E-state index contributed by atoms with van der Waals surface area (Å²) in [5, 5.41) is 1.88. The number of fused-ring (bicyclic) bond motifs is 1. The predicted octanol–water partition coefficient (Wildman–Crippen LogP) is 3.21. The minimum atomic E-state index is 0.900. The minimum absolute atomic E-state index is 0.900. The van der Waals surface area contributed by atoms with Gasteiger partial charge in [0.25, 0.3) is 0 Å². The van der Waals surface area contributed by atoms with Gasteiger partial charge in [0.2, 0.25) is 0 Å². The van der Waals surface area contributed by atoms with Crippen molar-refractivity contribution in [2.24, 2.45) is 5.84 Å². The largest absolute Gasteiger partial charge is 0.309 e. The Balaban J connectivity index is 0.000000387. The van der Waals surface area contributed by atoms with Crippen LogP contribution >= 0.6 is 0 Å². The summed E-state index contributed by atoms with van der Waals surface area (Å²) in [5.74, 6) is 5.73. The first kappa shape index (κ1) is 19.1. The zero-order valence-electron chi connectivity index (χ0n) is 14.2. The molecule has 0 unspecified atom stereocenters. The molecule has 3 heteroatoms. The lowest BCUT2D eigenvalue weighted by molar-refractivity contribution is 0.262. The number of hydrogen-bond donors (Lipinski definition) is 1. The van der Waals surface area contributed by atoms with Crippen molar-refractivity contribution in [2.45, 2.75) is 47.1 Å². The van der Waals surface area contributed by atoms with Gasteiger partial charge in [0.05, 0.1) is 0 Å². The lowest BCUT2D eigenvalue weighted by atomic mass is 9.96. The van der Waals surface area contributed by atoms with Crippen molar-refractivity contribution >= 4 is 0 Å². The summed E-state index contributed by atoms with van der Waals surface area (Å²) < 4.78 is 0. The molecule has 20 heavy (non-hydrogen) atoms. The van der Waals surface area contributed by atoms with E-state index in [4.69, 9.17) is 5.84 Å². The summed E-state index contributed by atoms with van der Waals surface area (Å²) in [6.45, 7) is 11.4. The maximum Gasteiger partial charge on any atom is 0.0382 e. The maximum atomic E-state index is 5.73. The van der Waals surface area contributed by atoms with E-state index in [2.05, 4.69) is 51.0 Å². The quantitative estimate of drug-likeness (QED) is 0.844. The molecule has 2 rings (SSSR count). The Labute approximate surface area is 125 Å². The van der Waals surface area contributed by atoms with Crippen LogP contribution in [0.1, 0.15) is 43.9 Å². The average molecular weight is 279 g/mol. The minimum Gasteiger partial charge on any atom is -0.309 e. The molecular weight excluding hydrogens is 246 g/mol. The number of nitrogens with zero attached hydrogens (tertiary/aromatic N) is 2. The molecule has 0 spiro atoms. The van der Waals surface area contributed by atoms with Gasteiger partial charge in [-0.15, -0.1) is 0 Å². The first-order valence-corrected chi connectivity index (χ1v) is 7.76. The number of benzene rings is 1. The molecule has 0 radical (unpaired) electrons. The molecule has 0 bridgehead atoms. The molecule has 1 aliphatic rings. The van der Waals surface area contributed by atoms with Crippen LogP contribution in [-0.4, -0.2) is 37.1 Å². The number of rotatable bonds is 2. The van der Waals surface area contributed by atoms with Crippen LogP contribution in [0.15, 0.2) is 18.2 Å². The second kappa shape index (κ2) is 10.8. The molecule has 1 aromatic carbocycles. The van der Waals surface area contributed by atoms with Gasteiger partial charge in [0.1, 0.15) is 0 Å². The smallest absolute Gasteiger partial charge is 0.0382 e. The Bertz CT molecular complexity index is 361. The van der Waals surface area contributed by atoms with Gasteiger partial charge >= 0.3 is 0 Å². The Hall–Kier alpha value is -0.900. The topological polar surface area (TPSA) is 32.5 Å². The second-order valence-electron chi connectivity index (χ2n) is 5.24. The summed E-state index contributed by atoms with van der Waals surface area (Å²) in [4.78, 5) is 2.18. The normalized spacial score (nSPS) is 13.8. The van der Waals surface area contributed by atoms with Crippen LogP contribution in [-0.2, 0) is 13.0 Å². The van der Waals surface area contributed by atoms with E-state index in [0.717, 1.165) is 19.5 Å². The van der Waals surface area contributed by atoms with E-state index in [-0.39, 0.29) is 0 Å². The van der Waals surface area contributed by atoms with Crippen LogP contribution in [0.4, 0.5) is 0 Å². The molecule has 0 amide bonds. The lowest BCUT2D eigenvalue weighted by Crippen LogP contribution is -2.36. The van der Waals surface area contributed by atoms with E-state index in [1.54, 1.807) is 0 Å². The lowest BCUT2D eigenvalue weighted by Gasteiger charge is -2.25. The third-order valence-corrected chi connectivity index (χ3v) is 3.20. The molecule has 0 atom stereocenters. The standard InChI is InChI=1S/C10H14N2.C5H13N.C2H6/c1-8-3-2-4-9-7-12(11)6-5-10(8)9;1-4-5-6(2)3;1-2/h2-4H,5-7,11H2,1H3;4-5H2,1-3H3;1-2H3. The van der Waals surface area contributed by atoms with Gasteiger partial charge in [-0.25, -0.2) is 5.01 Å². The van der Waals surface area contributed by atoms with E-state index in [0.29, 0.717) is 0 Å². The number of hydrazine groups is 1. The van der Waals surface area contributed by atoms with E-state index >= 15 is 0 Å². The Morgan fingerprint density at radius 1 is 1.25 bits per heavy atom. The zero-order valence-corrected chi connectivity index (χ0v) is 14.2. The van der Waals surface area contributed by atoms with Crippen LogP contribution < -0.4 is 5.84 Å². The highest BCUT2D eigenvalue weighted by Crippen LogP contribution is 2.19. The molecule has 0 saturated carbocycles. The van der Waals surface area contributed by atoms with Crippen LogP contribution in [0.5, 0.6) is 0 Å². The van der Waals surface area contributed by atoms with E-state index in [1.807, 2.05) is 18.9 Å². The van der Waals surface area contributed by atoms with Gasteiger partial charge in [-0.3, -0.25) is 5.84 Å². The number of nitrogens with two attached hydrogens (primary N) is 1. The monoisotopic (exact) mass is 279 g/mol. The van der Waals surface area contributed by atoms with Crippen molar-refractivity contribution in [3.8, 4) is 0 Å². The van der Waals surface area contributed by atoms with Gasteiger partial charge < -0.3 is 4.90 Å². The average Bonchev–Trinajstić information content (AvgIpc) is 2.41. The summed E-state index contributed by atoms with van der Waals surface area (Å²) in [6, 6.07) is 6.44. The fourth-order valence-electron chi connectivity index (χ4n) is 2.27. The Morgan fingerprint density at radius 2 is 1.90 bits per heavy atom. The van der Waals surface area contributed by atoms with E-state index in [1.165, 1.54) is 29.7 Å². The van der Waals surface area contributed by atoms with Gasteiger partial charge in [-0.05, 0) is 57.1 Å². The number of aryl methyl sites for hydroxylation is 1. The predicted molar refractivity (Wildman–Crippen MR) is 89.7 cm³/mol. The van der Waals surface area contributed by atoms with Crippen LogP contribution in [0.3, 0.4) is 0 Å². The molecule has 3 nitrogen and oxygen atoms in total. The fourth-order valence-corrected chi connectivity index (χ4v) is 2.27. The van der Waals surface area contributed by atoms with Gasteiger partial charge in [-0.2, -0.15) is 0 Å². The zero-order chi connectivity index (χ0) is 15.5. The van der Waals surface area contributed by atoms with Crippen molar-refractivity contribution in [3.05, 3.63) is 34.9 Å². The molecule has 1 aliphatic heterocycles. The Morgan fingerprint density at radius 3 is 2.40 bits per heavy atom. The SMILES string of the molecule is CC.CCCN(C)C.Cc1cccc2c1CCN(N)C2. The van der Waals surface area contributed by atoms with Gasteiger partial charge in [0.15, 0.2) is 0 Å². The van der Waals surface area contributed by atoms with Crippen LogP contribution in [0, 0.1) is 6.92 Å². The maximum absolute atomic E-state index is 5.73. The molecule has 0 aliphatic carbocycles. The highest BCUT2D eigenvalue weighted by molar-refractivity contribution is 5.35. The summed E-state index contributed by atoms with van der Waals surface area (Å²) in [6.07, 6.45) is 2.35. The Kier molecular flexibility index (Phi) is 10.3. The summed E-state index contributed by atoms with van der Waals surface area (Å²) in [7, 11) is 4.17. The molecule has 1 aromatic rings. The molecule has 116 valence electrons. The molecule has 0 fully saturated rings. The molecule has 1 heterocycles. The third kappa shape index (κ3) is 7.04. The van der Waals surface area contributed by atoms with Crippen molar-refractivity contribution in [3.63, 3.8) is 0 Å². The first-order chi connectivity index (χ1) is 9.54. The van der Waals surface area contributed by atoms with Crippen molar-refractivity contribution < 1.29 is 0 Å². The highest BCUT2D eigenvalue weighted by Gasteiger charge is 2.13. The van der Waals surface area contributed by atoms with Crippen LogP contribution in [0.2, 0.25) is 0 Å². The molecule has 0 aromatic heterocycles. The fraction of sp³-hybridized carbons (Fsp3) is 0.647. The van der Waals surface area contributed by atoms with E-state index in [9.17, 15) is 0 Å². The molecular formula is C17H33N3. The van der Waals surface area contributed by atoms with Gasteiger partial charge in [0, 0.05) is 13.1 Å². The van der Waals surface area contributed by atoms with Crippen molar-refractivity contribution in [1.29, 1.82) is 0 Å². The van der Waals surface area contributed by atoms with E-state index < -0.39 is 0 Å². The summed E-state index contributed by atoms with van der Waals surface area (Å²) >= 11 is 0. The third-order valence-electron chi connectivity index (χ3n) is 3.20. The van der Waals surface area contributed by atoms with Gasteiger partial charge in [-0.1, -0.05) is 39.0 Å². The molecule has 0 saturated heterocycles. The number of hydrogen-bond acceptors (Lipinski definition) is 3. The molecule has 2 N–H and O–H groups in total. The van der Waals surface area contributed by atoms with Crippen molar-refractivity contribution in [2.75, 3.05) is 27.2 Å². The first-order valence-electron chi connectivity index (χ1n) is 7.76.